The van der Waals surface area contributed by atoms with E-state index in [0.717, 1.165) is 16.8 Å². The van der Waals surface area contributed by atoms with Gasteiger partial charge in [-0.25, -0.2) is 0 Å². The maximum Gasteiger partial charge on any atom is 0.268 e. The Hall–Kier alpha value is -3.34. The number of nitrogens with zero attached hydrogens (tertiary/aromatic N) is 1. The second-order valence-corrected chi connectivity index (χ2v) is 8.62. The van der Waals surface area contributed by atoms with Crippen molar-refractivity contribution in [2.45, 2.75) is 20.0 Å². The Morgan fingerprint density at radius 3 is 2.24 bits per heavy atom. The minimum absolute atomic E-state index is 0.119. The van der Waals surface area contributed by atoms with Crippen LogP contribution in [-0.4, -0.2) is 16.3 Å². The molecule has 0 spiro atoms. The van der Waals surface area contributed by atoms with Gasteiger partial charge in [0.05, 0.1) is 0 Å². The summed E-state index contributed by atoms with van der Waals surface area (Å²) in [4.78, 5) is 26.4. The van der Waals surface area contributed by atoms with Crippen molar-refractivity contribution in [1.29, 1.82) is 0 Å². The normalized spacial score (nSPS) is 10.8. The Balaban J connectivity index is 1.67. The number of hydrogen-bond donors (Lipinski definition) is 1. The highest BCUT2D eigenvalue weighted by molar-refractivity contribution is 6.30. The van der Waals surface area contributed by atoms with Crippen LogP contribution in [0.15, 0.2) is 84.9 Å². The van der Waals surface area contributed by atoms with Crippen LogP contribution in [-0.2, 0) is 13.1 Å². The molecule has 4 nitrogen and oxygen atoms in total. The van der Waals surface area contributed by atoms with Crippen LogP contribution in [0.5, 0.6) is 0 Å². The Morgan fingerprint density at radius 2 is 1.55 bits per heavy atom. The molecule has 0 saturated heterocycles. The van der Waals surface area contributed by atoms with E-state index in [2.05, 4.69) is 5.32 Å². The molecule has 0 aliphatic rings. The van der Waals surface area contributed by atoms with E-state index in [9.17, 15) is 9.59 Å². The average Bonchev–Trinajstić information content (AvgIpc) is 3.15. The second-order valence-electron chi connectivity index (χ2n) is 7.75. The molecule has 166 valence electrons. The Bertz CT molecular complexity index is 1300. The van der Waals surface area contributed by atoms with Crippen LogP contribution in [0.4, 0.5) is 0 Å². The van der Waals surface area contributed by atoms with E-state index in [0.29, 0.717) is 40.0 Å². The smallest absolute Gasteiger partial charge is 0.268 e. The van der Waals surface area contributed by atoms with Gasteiger partial charge in [0.25, 0.3) is 5.91 Å². The first kappa shape index (κ1) is 22.8. The molecule has 0 bridgehead atoms. The molecular weight excluding hydrogens is 455 g/mol. The largest absolute Gasteiger partial charge is 0.347 e. The molecule has 1 amide bonds. The summed E-state index contributed by atoms with van der Waals surface area (Å²) in [6.07, 6.45) is 0. The number of amides is 1. The summed E-state index contributed by atoms with van der Waals surface area (Å²) in [5.41, 5.74) is 4.10. The third-order valence-corrected chi connectivity index (χ3v) is 5.96. The monoisotopic (exact) mass is 476 g/mol. The number of carbonyl (C=O) groups excluding carboxylic acids is 2. The molecule has 1 aromatic heterocycles. The molecule has 1 N–H and O–H groups in total. The van der Waals surface area contributed by atoms with Gasteiger partial charge in [-0.1, -0.05) is 77.8 Å². The van der Waals surface area contributed by atoms with Gasteiger partial charge in [-0.05, 0) is 48.4 Å². The molecule has 1 heterocycles. The van der Waals surface area contributed by atoms with Crippen molar-refractivity contribution in [2.24, 2.45) is 0 Å². The molecule has 0 saturated carbocycles. The Morgan fingerprint density at radius 1 is 0.818 bits per heavy atom. The predicted molar refractivity (Wildman–Crippen MR) is 132 cm³/mol. The number of carbonyl (C=O) groups is 2. The maximum absolute atomic E-state index is 13.2. The molecule has 6 heteroatoms. The number of rotatable bonds is 7. The van der Waals surface area contributed by atoms with Gasteiger partial charge in [0.15, 0.2) is 5.78 Å². The molecule has 0 aliphatic carbocycles. The lowest BCUT2D eigenvalue weighted by atomic mass is 10.0. The van der Waals surface area contributed by atoms with Gasteiger partial charge >= 0.3 is 0 Å². The number of benzene rings is 3. The molecule has 0 aliphatic heterocycles. The van der Waals surface area contributed by atoms with Crippen LogP contribution >= 0.6 is 23.2 Å². The lowest BCUT2D eigenvalue weighted by molar-refractivity contribution is 0.0941. The zero-order chi connectivity index (χ0) is 23.4. The van der Waals surface area contributed by atoms with Crippen LogP contribution in [0.2, 0.25) is 10.0 Å². The molecule has 0 radical (unpaired) electrons. The van der Waals surface area contributed by atoms with E-state index >= 15 is 0 Å². The zero-order valence-corrected chi connectivity index (χ0v) is 19.5. The summed E-state index contributed by atoms with van der Waals surface area (Å²) >= 11 is 12.1. The summed E-state index contributed by atoms with van der Waals surface area (Å²) in [5, 5.41) is 4.20. The standard InChI is InChI=1S/C27H22Cl2N2O2/c1-18-24(26(32)21-7-3-2-4-8-21)15-25(31(18)17-19-10-12-22(28)13-11-19)27(33)30-16-20-6-5-9-23(29)14-20/h2-15H,16-17H2,1H3,(H,30,33). The summed E-state index contributed by atoms with van der Waals surface area (Å²) in [5.74, 6) is -0.383. The number of aromatic nitrogens is 1. The first-order chi connectivity index (χ1) is 15.9. The average molecular weight is 477 g/mol. The van der Waals surface area contributed by atoms with Gasteiger partial charge < -0.3 is 9.88 Å². The molecule has 0 fully saturated rings. The van der Waals surface area contributed by atoms with E-state index in [4.69, 9.17) is 23.2 Å². The highest BCUT2D eigenvalue weighted by atomic mass is 35.5. The summed E-state index contributed by atoms with van der Waals surface area (Å²) in [6, 6.07) is 25.5. The van der Waals surface area contributed by atoms with E-state index in [1.807, 2.05) is 72.2 Å². The molecular formula is C27H22Cl2N2O2. The zero-order valence-electron chi connectivity index (χ0n) is 18.0. The topological polar surface area (TPSA) is 51.1 Å². The van der Waals surface area contributed by atoms with E-state index in [1.165, 1.54) is 0 Å². The first-order valence-corrected chi connectivity index (χ1v) is 11.2. The number of nitrogens with one attached hydrogen (secondary N) is 1. The van der Waals surface area contributed by atoms with Gasteiger partial charge in [-0.3, -0.25) is 9.59 Å². The van der Waals surface area contributed by atoms with Crippen LogP contribution in [0.3, 0.4) is 0 Å². The van der Waals surface area contributed by atoms with Crippen molar-refractivity contribution in [2.75, 3.05) is 0 Å². The summed E-state index contributed by atoms with van der Waals surface area (Å²) in [6.45, 7) is 2.62. The van der Waals surface area contributed by atoms with Crippen molar-refractivity contribution in [3.63, 3.8) is 0 Å². The van der Waals surface area contributed by atoms with Crippen molar-refractivity contribution >= 4 is 34.9 Å². The maximum atomic E-state index is 13.2. The lowest BCUT2D eigenvalue weighted by Gasteiger charge is -2.13. The van der Waals surface area contributed by atoms with E-state index < -0.39 is 0 Å². The molecule has 4 aromatic rings. The van der Waals surface area contributed by atoms with Gasteiger partial charge in [0, 0.05) is 40.0 Å². The molecule has 4 rings (SSSR count). The Kier molecular flexibility index (Phi) is 6.97. The SMILES string of the molecule is Cc1c(C(=O)c2ccccc2)cc(C(=O)NCc2cccc(Cl)c2)n1Cc1ccc(Cl)cc1. The summed E-state index contributed by atoms with van der Waals surface area (Å²) in [7, 11) is 0. The highest BCUT2D eigenvalue weighted by Gasteiger charge is 2.22. The van der Waals surface area contributed by atoms with Crippen molar-refractivity contribution in [3.8, 4) is 0 Å². The fraction of sp³-hybridized carbons (Fsp3) is 0.111. The minimum atomic E-state index is -0.265. The van der Waals surface area contributed by atoms with E-state index in [1.54, 1.807) is 24.3 Å². The molecule has 33 heavy (non-hydrogen) atoms. The second kappa shape index (κ2) is 10.1. The van der Waals surface area contributed by atoms with Gasteiger partial charge in [-0.15, -0.1) is 0 Å². The highest BCUT2D eigenvalue weighted by Crippen LogP contribution is 2.22. The Labute approximate surface area is 202 Å². The first-order valence-electron chi connectivity index (χ1n) is 10.5. The molecule has 0 atom stereocenters. The van der Waals surface area contributed by atoms with Crippen molar-refractivity contribution in [1.82, 2.24) is 9.88 Å². The minimum Gasteiger partial charge on any atom is -0.347 e. The van der Waals surface area contributed by atoms with Crippen LogP contribution in [0, 0.1) is 6.92 Å². The van der Waals surface area contributed by atoms with Crippen LogP contribution in [0.25, 0.3) is 0 Å². The third-order valence-electron chi connectivity index (χ3n) is 5.48. The van der Waals surface area contributed by atoms with Crippen LogP contribution in [0.1, 0.15) is 43.2 Å². The fourth-order valence-corrected chi connectivity index (χ4v) is 4.04. The predicted octanol–water partition coefficient (Wildman–Crippen LogP) is 6.31. The van der Waals surface area contributed by atoms with Crippen molar-refractivity contribution < 1.29 is 9.59 Å². The van der Waals surface area contributed by atoms with Crippen LogP contribution < -0.4 is 5.32 Å². The molecule has 3 aromatic carbocycles. The molecule has 0 unspecified atom stereocenters. The summed E-state index contributed by atoms with van der Waals surface area (Å²) < 4.78 is 1.87. The number of halogens is 2. The lowest BCUT2D eigenvalue weighted by Crippen LogP contribution is -2.26. The van der Waals surface area contributed by atoms with Crippen molar-refractivity contribution in [3.05, 3.63) is 129 Å². The third kappa shape index (κ3) is 5.36. The van der Waals surface area contributed by atoms with Gasteiger partial charge in [-0.2, -0.15) is 0 Å². The number of ketones is 1. The fourth-order valence-electron chi connectivity index (χ4n) is 3.70. The van der Waals surface area contributed by atoms with Gasteiger partial charge in [0.2, 0.25) is 0 Å². The number of hydrogen-bond acceptors (Lipinski definition) is 2. The van der Waals surface area contributed by atoms with E-state index in [-0.39, 0.29) is 11.7 Å². The quantitative estimate of drug-likeness (QED) is 0.317. The van der Waals surface area contributed by atoms with Gasteiger partial charge in [0.1, 0.15) is 5.69 Å².